The minimum atomic E-state index is -0.402. The van der Waals surface area contributed by atoms with Gasteiger partial charge >= 0.3 is 24.1 Å². The molecule has 0 unspecified atom stereocenters. The number of urea groups is 4. The number of carbonyl (C=O) groups is 4. The van der Waals surface area contributed by atoms with E-state index in [1.54, 1.807) is 86.4 Å². The van der Waals surface area contributed by atoms with Crippen LogP contribution in [0, 0.1) is 0 Å². The summed E-state index contributed by atoms with van der Waals surface area (Å²) in [4.78, 5) is 125. The van der Waals surface area contributed by atoms with Crippen molar-refractivity contribution in [1.82, 2.24) is 121 Å². The Balaban J connectivity index is 0.000000113. The monoisotopic (exact) mass is 1920 g/mol. The van der Waals surface area contributed by atoms with Crippen molar-refractivity contribution in [1.29, 1.82) is 0 Å². The average molecular weight is 1930 g/mol. The molecule has 16 aromatic heterocycles. The van der Waals surface area contributed by atoms with Gasteiger partial charge in [0, 0.05) is 211 Å². The Hall–Kier alpha value is -19.1. The second kappa shape index (κ2) is 42.9. The lowest BCUT2D eigenvalue weighted by Crippen LogP contribution is -2.36. The van der Waals surface area contributed by atoms with Crippen LogP contribution in [0.2, 0.25) is 0 Å². The molecular weight excluding hydrogens is 1830 g/mol. The van der Waals surface area contributed by atoms with Crippen molar-refractivity contribution in [2.24, 2.45) is 0 Å². The number of nitrogens with one attached hydrogen (secondary N) is 16. The van der Waals surface area contributed by atoms with Crippen LogP contribution in [-0.4, -0.2) is 250 Å². The first-order valence-corrected chi connectivity index (χ1v) is 46.2. The predicted octanol–water partition coefficient (Wildman–Crippen LogP) is 15.6. The highest BCUT2D eigenvalue weighted by atomic mass is 16.5. The summed E-state index contributed by atoms with van der Waals surface area (Å²) < 4.78 is 21.9. The highest BCUT2D eigenvalue weighted by molar-refractivity contribution is 6.03. The molecule has 20 aromatic rings. The summed E-state index contributed by atoms with van der Waals surface area (Å²) in [6, 6.07) is 58.6. The average Bonchev–Trinajstić information content (AvgIpc) is 1.65. The molecule has 4 aromatic carbocycles. The van der Waals surface area contributed by atoms with Gasteiger partial charge in [0.25, 0.3) is 0 Å². The van der Waals surface area contributed by atoms with E-state index in [1.807, 2.05) is 164 Å². The molecule has 4 aliphatic rings. The number of morpholine rings is 4. The summed E-state index contributed by atoms with van der Waals surface area (Å²) in [6.45, 7) is 11.9. The fraction of sp³-hybridized carbons (Fsp3) is 0.160. The van der Waals surface area contributed by atoms with Crippen LogP contribution in [0.1, 0.15) is 0 Å². The Kier molecular flexibility index (Phi) is 27.2. The smallest absolute Gasteiger partial charge is 0.324 e. The molecular formula is C100H92N36O8. The number of pyridine rings is 6. The van der Waals surface area contributed by atoms with Gasteiger partial charge in [0.05, 0.1) is 92.1 Å². The van der Waals surface area contributed by atoms with Crippen LogP contribution in [0.15, 0.2) is 269 Å². The lowest BCUT2D eigenvalue weighted by atomic mass is 10.1. The van der Waals surface area contributed by atoms with Crippen LogP contribution in [0.4, 0.5) is 88.5 Å². The topological polar surface area (TPSA) is 547 Å². The molecule has 4 saturated heterocycles. The zero-order valence-corrected chi connectivity index (χ0v) is 76.9. The molecule has 8 amide bonds. The van der Waals surface area contributed by atoms with Gasteiger partial charge in [-0.05, 0) is 157 Å². The number of nitrogens with zero attached hydrogens (tertiary/aromatic N) is 20. The van der Waals surface area contributed by atoms with E-state index in [-0.39, 0.29) is 12.1 Å². The van der Waals surface area contributed by atoms with Gasteiger partial charge in [-0.25, -0.2) is 59.0 Å². The van der Waals surface area contributed by atoms with Gasteiger partial charge in [0.15, 0.2) is 40.6 Å². The first kappa shape index (κ1) is 91.3. The van der Waals surface area contributed by atoms with Crippen LogP contribution in [0.25, 0.3) is 134 Å². The number of anilines is 12. The number of imidazole rings is 2. The molecule has 0 atom stereocenters. The van der Waals surface area contributed by atoms with Gasteiger partial charge in [-0.1, -0.05) is 24.3 Å². The number of rotatable bonds is 20. The maximum atomic E-state index is 12.5. The van der Waals surface area contributed by atoms with Gasteiger partial charge in [0.2, 0.25) is 0 Å². The molecule has 0 spiro atoms. The number of amides is 8. The third-order valence-electron chi connectivity index (χ3n) is 23.7. The van der Waals surface area contributed by atoms with E-state index in [9.17, 15) is 19.2 Å². The van der Waals surface area contributed by atoms with E-state index in [4.69, 9.17) is 23.9 Å². The van der Waals surface area contributed by atoms with Gasteiger partial charge in [-0.3, -0.25) is 61.6 Å². The Bertz CT molecular complexity index is 6870. The summed E-state index contributed by atoms with van der Waals surface area (Å²) in [7, 11) is 0. The van der Waals surface area contributed by atoms with E-state index in [2.05, 4.69) is 190 Å². The highest BCUT2D eigenvalue weighted by Crippen LogP contribution is 2.36. The first-order valence-electron chi connectivity index (χ1n) is 46.2. The van der Waals surface area contributed by atoms with Crippen LogP contribution in [-0.2, 0) is 18.9 Å². The normalized spacial score (nSPS) is 13.6. The molecule has 0 saturated carbocycles. The molecule has 0 radical (unpaired) electrons. The van der Waals surface area contributed by atoms with E-state index in [0.29, 0.717) is 110 Å². The summed E-state index contributed by atoms with van der Waals surface area (Å²) in [6.07, 6.45) is 20.4. The van der Waals surface area contributed by atoms with Crippen LogP contribution in [0.5, 0.6) is 0 Å². The van der Waals surface area contributed by atoms with E-state index in [1.165, 1.54) is 6.33 Å². The number of hydrogen-bond acceptors (Lipinski definition) is 28. The van der Waals surface area contributed by atoms with Gasteiger partial charge in [-0.15, -0.1) is 0 Å². The Morgan fingerprint density at radius 3 is 1.04 bits per heavy atom. The van der Waals surface area contributed by atoms with Crippen molar-refractivity contribution in [3.63, 3.8) is 0 Å². The molecule has 20 heterocycles. The second-order valence-electron chi connectivity index (χ2n) is 33.2. The molecule has 44 heteroatoms. The lowest BCUT2D eigenvalue weighted by molar-refractivity contribution is 0.122. The number of carbonyl (C=O) groups excluding carboxylic acids is 4. The Morgan fingerprint density at radius 1 is 0.285 bits per heavy atom. The number of aromatic nitrogens is 24. The summed E-state index contributed by atoms with van der Waals surface area (Å²) in [5, 5.41) is 52.4. The molecule has 4 fully saturated rings. The van der Waals surface area contributed by atoms with E-state index < -0.39 is 12.1 Å². The molecule has 4 aliphatic heterocycles. The number of H-pyrrole nitrogens is 8. The fourth-order valence-corrected chi connectivity index (χ4v) is 16.6. The van der Waals surface area contributed by atoms with E-state index >= 15 is 0 Å². The second-order valence-corrected chi connectivity index (χ2v) is 33.2. The van der Waals surface area contributed by atoms with Crippen LogP contribution in [0.3, 0.4) is 0 Å². The molecule has 720 valence electrons. The quantitative estimate of drug-likeness (QED) is 0.0337. The van der Waals surface area contributed by atoms with Crippen molar-refractivity contribution in [2.45, 2.75) is 0 Å². The predicted molar refractivity (Wildman–Crippen MR) is 547 cm³/mol. The number of fused-ring (bicyclic) bond motifs is 4. The number of hydrogen-bond donors (Lipinski definition) is 16. The van der Waals surface area contributed by atoms with Gasteiger partial charge < -0.3 is 79.8 Å². The molecule has 44 nitrogen and oxygen atoms in total. The van der Waals surface area contributed by atoms with Crippen molar-refractivity contribution in [3.8, 4) is 90.3 Å². The first-order chi connectivity index (χ1) is 70.9. The third kappa shape index (κ3) is 21.9. The van der Waals surface area contributed by atoms with E-state index in [0.717, 1.165) is 199 Å². The molecule has 16 N–H and O–H groups in total. The zero-order chi connectivity index (χ0) is 97.3. The largest absolute Gasteiger partial charge is 0.378 e. The van der Waals surface area contributed by atoms with Gasteiger partial charge in [0.1, 0.15) is 52.6 Å². The Morgan fingerprint density at radius 2 is 0.632 bits per heavy atom. The fourth-order valence-electron chi connectivity index (χ4n) is 16.6. The summed E-state index contributed by atoms with van der Waals surface area (Å²) >= 11 is 0. The van der Waals surface area contributed by atoms with Crippen molar-refractivity contribution < 1.29 is 38.1 Å². The minimum absolute atomic E-state index is 0.376. The third-order valence-corrected chi connectivity index (χ3v) is 23.7. The van der Waals surface area contributed by atoms with Crippen LogP contribution < -0.4 is 62.1 Å². The molecule has 0 bridgehead atoms. The standard InChI is InChI=1S/C26H24N8O2.2C25H23N9O2.C24H22N10O2/c35-26(31-24-15-23(32-33-24)18-2-1-8-27-16-18)29-19-5-3-17(4-6-19)22-14-20-21(30-22)7-9-28-25(20)34-10-12-36-13-11-34;35-25(30-21-14-20(32-33-21)17-2-1-8-26-15-17)28-18-5-3-16(4-6-18)23-29-19-7-9-27-24(22(19)31-23)34-10-12-36-13-11-34;35-25(31-22-13-21(32-33-22)17-2-1-7-26-14-17)29-18-5-3-16(4-6-18)20-12-19-23(30-20)27-15-28-24(19)34-8-10-36-11-9-34;35-24(29-19-12-18(32-33-19)16-2-1-7-25-13-16)28-17-5-3-15(4-6-17)21-30-20-22(31-21)26-14-27-23(20)34-8-10-36-11-9-34/h1-9,14-16,30H,10-13H2,(H3,29,31,32,33,35);1-9,14-15H,10-13H2,(H,29,31)(H3,28,30,32,33,35);1-7,12-15H,8-11H2,(H,27,28,30)(H3,29,31,32,33,35);1-7,12-14H,8-11H2,(H,26,27,30,31)(H3,28,29,32,33,35). The SMILES string of the molecule is O=C(Nc1ccc(-c2cc3c(N4CCOCC4)nccc3[nH]2)cc1)Nc1cc(-c2cccnc2)[nH]n1.O=C(Nc1ccc(-c2cc3c(N4CCOCC4)ncnc3[nH]2)cc1)Nc1cc(-c2cccnc2)[nH]n1.O=C(Nc1ccc(-c2nc3c(N4CCOCC4)nccc3[nH]2)cc1)Nc1cc(-c2cccnc2)[nH]n1.O=C(Nc1ccc(-c2nc3ncnc(N4CCOCC4)c3[nH]2)cc1)Nc1cc(-c2cccnc2)[nH]n1. The van der Waals surface area contributed by atoms with Gasteiger partial charge in [-0.2, -0.15) is 20.4 Å². The van der Waals surface area contributed by atoms with Crippen LogP contribution >= 0.6 is 0 Å². The minimum Gasteiger partial charge on any atom is -0.378 e. The number of benzene rings is 4. The summed E-state index contributed by atoms with van der Waals surface area (Å²) in [5.74, 6) is 6.63. The maximum Gasteiger partial charge on any atom is 0.324 e. The zero-order valence-electron chi connectivity index (χ0n) is 76.9. The Labute approximate surface area is 818 Å². The molecule has 24 rings (SSSR count). The van der Waals surface area contributed by atoms with Crippen molar-refractivity contribution in [2.75, 3.05) is 167 Å². The number of ether oxygens (including phenoxy) is 4. The van der Waals surface area contributed by atoms with Crippen molar-refractivity contribution >= 4 is 138 Å². The maximum absolute atomic E-state index is 12.5. The molecule has 0 aliphatic carbocycles. The summed E-state index contributed by atoms with van der Waals surface area (Å²) in [5.41, 5.74) is 19.8. The number of aromatic amines is 8. The van der Waals surface area contributed by atoms with Crippen molar-refractivity contribution in [3.05, 3.63) is 269 Å². The molecule has 144 heavy (non-hydrogen) atoms. The highest BCUT2D eigenvalue weighted by Gasteiger charge is 2.26. The lowest BCUT2D eigenvalue weighted by Gasteiger charge is -2.28.